The van der Waals surface area contributed by atoms with Crippen LogP contribution in [0.5, 0.6) is 0 Å². The van der Waals surface area contributed by atoms with Crippen molar-refractivity contribution in [2.24, 2.45) is 5.73 Å². The first-order chi connectivity index (χ1) is 10.0. The van der Waals surface area contributed by atoms with Crippen molar-refractivity contribution in [3.63, 3.8) is 0 Å². The molecule has 21 heavy (non-hydrogen) atoms. The molecular weight excluding hydrogens is 323 g/mol. The van der Waals surface area contributed by atoms with Gasteiger partial charge in [-0.3, -0.25) is 0 Å². The van der Waals surface area contributed by atoms with E-state index in [1.807, 2.05) is 42.6 Å². The van der Waals surface area contributed by atoms with Crippen LogP contribution in [-0.2, 0) is 6.54 Å². The van der Waals surface area contributed by atoms with Crippen LogP contribution in [-0.4, -0.2) is 9.56 Å². The van der Waals surface area contributed by atoms with Crippen molar-refractivity contribution >= 4 is 51.3 Å². The van der Waals surface area contributed by atoms with Crippen molar-refractivity contribution in [1.82, 2.24) is 4.57 Å². The smallest absolute Gasteiger partial charge is 0.104 e. The molecular formula is C16H12Cl2N2S. The fourth-order valence-electron chi connectivity index (χ4n) is 2.33. The lowest BCUT2D eigenvalue weighted by molar-refractivity contribution is 0.837. The molecule has 0 saturated heterocycles. The summed E-state index contributed by atoms with van der Waals surface area (Å²) in [6.45, 7) is 0.729. The fourth-order valence-corrected chi connectivity index (χ4v) is 2.77. The molecule has 2 aromatic carbocycles. The fraction of sp³-hybridized carbons (Fsp3) is 0.0625. The molecule has 3 aromatic rings. The summed E-state index contributed by atoms with van der Waals surface area (Å²) < 4.78 is 2.15. The maximum absolute atomic E-state index is 6.06. The minimum Gasteiger partial charge on any atom is -0.389 e. The minimum absolute atomic E-state index is 0.411. The molecule has 0 fully saturated rings. The Morgan fingerprint density at radius 3 is 2.57 bits per heavy atom. The summed E-state index contributed by atoms with van der Waals surface area (Å²) in [5.74, 6) is 0. The number of rotatable bonds is 3. The Labute approximate surface area is 138 Å². The third-order valence-corrected chi connectivity index (χ3v) is 4.37. The first-order valence-corrected chi connectivity index (χ1v) is 7.53. The normalized spacial score (nSPS) is 11.0. The molecule has 0 amide bonds. The molecule has 0 unspecified atom stereocenters. The molecule has 0 atom stereocenters. The zero-order valence-electron chi connectivity index (χ0n) is 11.0. The van der Waals surface area contributed by atoms with Gasteiger partial charge >= 0.3 is 0 Å². The Balaban J connectivity index is 1.97. The third-order valence-electron chi connectivity index (χ3n) is 3.39. The topological polar surface area (TPSA) is 30.9 Å². The SMILES string of the molecule is NC(=S)c1ccc2c(ccn2Cc2ccc(Cl)c(Cl)c2)c1. The molecule has 0 spiro atoms. The zero-order chi connectivity index (χ0) is 15.0. The number of fused-ring (bicyclic) bond motifs is 1. The Morgan fingerprint density at radius 2 is 1.86 bits per heavy atom. The maximum atomic E-state index is 6.06. The van der Waals surface area contributed by atoms with E-state index < -0.39 is 0 Å². The molecule has 106 valence electrons. The largest absolute Gasteiger partial charge is 0.389 e. The molecule has 0 radical (unpaired) electrons. The second-order valence-electron chi connectivity index (χ2n) is 4.83. The lowest BCUT2D eigenvalue weighted by atomic mass is 10.1. The molecule has 2 N–H and O–H groups in total. The van der Waals surface area contributed by atoms with Gasteiger partial charge in [0.1, 0.15) is 4.99 Å². The van der Waals surface area contributed by atoms with Gasteiger partial charge in [0.05, 0.1) is 10.0 Å². The van der Waals surface area contributed by atoms with Crippen LogP contribution in [0.4, 0.5) is 0 Å². The summed E-state index contributed by atoms with van der Waals surface area (Å²) >= 11 is 17.0. The Hall–Kier alpha value is -1.55. The van der Waals surface area contributed by atoms with E-state index in [0.717, 1.165) is 28.6 Å². The van der Waals surface area contributed by atoms with Gasteiger partial charge in [-0.05, 0) is 42.0 Å². The van der Waals surface area contributed by atoms with Gasteiger partial charge in [-0.2, -0.15) is 0 Å². The molecule has 0 bridgehead atoms. The predicted molar refractivity (Wildman–Crippen MR) is 93.4 cm³/mol. The van der Waals surface area contributed by atoms with Crippen LogP contribution < -0.4 is 5.73 Å². The van der Waals surface area contributed by atoms with E-state index >= 15 is 0 Å². The minimum atomic E-state index is 0.411. The van der Waals surface area contributed by atoms with Crippen LogP contribution in [0.3, 0.4) is 0 Å². The second-order valence-corrected chi connectivity index (χ2v) is 6.08. The average molecular weight is 335 g/mol. The number of halogens is 2. The Morgan fingerprint density at radius 1 is 1.05 bits per heavy atom. The van der Waals surface area contributed by atoms with Crippen LogP contribution >= 0.6 is 35.4 Å². The summed E-state index contributed by atoms with van der Waals surface area (Å²) in [5.41, 5.74) is 8.77. The molecule has 0 aliphatic rings. The molecule has 0 aliphatic heterocycles. The van der Waals surface area contributed by atoms with Crippen molar-refractivity contribution in [1.29, 1.82) is 0 Å². The number of hydrogen-bond donors (Lipinski definition) is 1. The van der Waals surface area contributed by atoms with E-state index in [0.29, 0.717) is 15.0 Å². The molecule has 5 heteroatoms. The predicted octanol–water partition coefficient (Wildman–Crippen LogP) is 4.63. The van der Waals surface area contributed by atoms with Gasteiger partial charge in [-0.25, -0.2) is 0 Å². The third kappa shape index (κ3) is 2.91. The lowest BCUT2D eigenvalue weighted by Crippen LogP contribution is -2.08. The lowest BCUT2D eigenvalue weighted by Gasteiger charge is -2.07. The number of thiocarbonyl (C=S) groups is 1. The monoisotopic (exact) mass is 334 g/mol. The molecule has 1 heterocycles. The van der Waals surface area contributed by atoms with Crippen molar-refractivity contribution in [3.05, 3.63) is 69.8 Å². The zero-order valence-corrected chi connectivity index (χ0v) is 13.3. The van der Waals surface area contributed by atoms with Crippen molar-refractivity contribution in [3.8, 4) is 0 Å². The summed E-state index contributed by atoms with van der Waals surface area (Å²) in [6.07, 6.45) is 2.04. The van der Waals surface area contributed by atoms with Gasteiger partial charge in [-0.1, -0.05) is 41.5 Å². The van der Waals surface area contributed by atoms with Gasteiger partial charge in [-0.15, -0.1) is 0 Å². The van der Waals surface area contributed by atoms with Crippen LogP contribution in [0, 0.1) is 0 Å². The summed E-state index contributed by atoms with van der Waals surface area (Å²) in [4.78, 5) is 0.411. The van der Waals surface area contributed by atoms with E-state index in [9.17, 15) is 0 Å². The highest BCUT2D eigenvalue weighted by molar-refractivity contribution is 7.80. The van der Waals surface area contributed by atoms with Crippen molar-refractivity contribution in [2.75, 3.05) is 0 Å². The molecule has 2 nitrogen and oxygen atoms in total. The number of nitrogens with two attached hydrogens (primary N) is 1. The number of hydrogen-bond acceptors (Lipinski definition) is 1. The average Bonchev–Trinajstić information content (AvgIpc) is 2.85. The summed E-state index contributed by atoms with van der Waals surface area (Å²) in [5, 5.41) is 2.25. The van der Waals surface area contributed by atoms with Gasteiger partial charge in [0, 0.05) is 29.2 Å². The highest BCUT2D eigenvalue weighted by Gasteiger charge is 2.05. The Kier molecular flexibility index (Phi) is 3.89. The molecule has 0 aliphatic carbocycles. The first-order valence-electron chi connectivity index (χ1n) is 6.37. The molecule has 3 rings (SSSR count). The van der Waals surface area contributed by atoms with E-state index in [-0.39, 0.29) is 0 Å². The van der Waals surface area contributed by atoms with E-state index in [2.05, 4.69) is 10.6 Å². The summed E-state index contributed by atoms with van der Waals surface area (Å²) in [7, 11) is 0. The van der Waals surface area contributed by atoms with E-state index in [1.54, 1.807) is 0 Å². The van der Waals surface area contributed by atoms with Crippen LogP contribution in [0.1, 0.15) is 11.1 Å². The van der Waals surface area contributed by atoms with Crippen LogP contribution in [0.2, 0.25) is 10.0 Å². The highest BCUT2D eigenvalue weighted by Crippen LogP contribution is 2.24. The number of nitrogens with zero attached hydrogens (tertiary/aromatic N) is 1. The second kappa shape index (κ2) is 5.68. The Bertz CT molecular complexity index is 839. The van der Waals surface area contributed by atoms with Gasteiger partial charge in [0.15, 0.2) is 0 Å². The summed E-state index contributed by atoms with van der Waals surface area (Å²) in [6, 6.07) is 13.7. The van der Waals surface area contributed by atoms with Crippen molar-refractivity contribution < 1.29 is 0 Å². The van der Waals surface area contributed by atoms with Crippen molar-refractivity contribution in [2.45, 2.75) is 6.54 Å². The molecule has 0 saturated carbocycles. The quantitative estimate of drug-likeness (QED) is 0.708. The van der Waals surface area contributed by atoms with E-state index in [1.165, 1.54) is 0 Å². The maximum Gasteiger partial charge on any atom is 0.104 e. The highest BCUT2D eigenvalue weighted by atomic mass is 35.5. The number of aromatic nitrogens is 1. The van der Waals surface area contributed by atoms with Crippen LogP contribution in [0.25, 0.3) is 10.9 Å². The van der Waals surface area contributed by atoms with Crippen LogP contribution in [0.15, 0.2) is 48.7 Å². The van der Waals surface area contributed by atoms with Gasteiger partial charge in [0.25, 0.3) is 0 Å². The van der Waals surface area contributed by atoms with Gasteiger partial charge < -0.3 is 10.3 Å². The standard InChI is InChI=1S/C16H12Cl2N2S/c17-13-3-1-10(7-14(13)18)9-20-6-5-11-8-12(16(19)21)2-4-15(11)20/h1-8H,9H2,(H2,19,21). The van der Waals surface area contributed by atoms with E-state index in [4.69, 9.17) is 41.2 Å². The molecule has 1 aromatic heterocycles. The first kappa shape index (κ1) is 14.4. The van der Waals surface area contributed by atoms with Gasteiger partial charge in [0.2, 0.25) is 0 Å². The number of benzene rings is 2.